The van der Waals surface area contributed by atoms with Crippen molar-refractivity contribution in [2.75, 3.05) is 7.11 Å². The van der Waals surface area contributed by atoms with Gasteiger partial charge >= 0.3 is 5.69 Å². The molecule has 2 aromatic rings. The van der Waals surface area contributed by atoms with E-state index in [4.69, 9.17) is 4.74 Å². The minimum atomic E-state index is 0.0540. The highest BCUT2D eigenvalue weighted by atomic mass is 79.9. The Morgan fingerprint density at radius 1 is 1.31 bits per heavy atom. The van der Waals surface area contributed by atoms with E-state index in [1.165, 1.54) is 12.8 Å². The summed E-state index contributed by atoms with van der Waals surface area (Å²) >= 11 is 3.52. The van der Waals surface area contributed by atoms with Crippen molar-refractivity contribution < 1.29 is 4.74 Å². The third-order valence-corrected chi connectivity index (χ3v) is 6.24. The van der Waals surface area contributed by atoms with Crippen LogP contribution in [-0.2, 0) is 11.3 Å². The van der Waals surface area contributed by atoms with E-state index in [1.54, 1.807) is 13.3 Å². The van der Waals surface area contributed by atoms with Crippen LogP contribution in [0.5, 0.6) is 0 Å². The first-order valence-corrected chi connectivity index (χ1v) is 10.5. The van der Waals surface area contributed by atoms with Crippen molar-refractivity contribution in [1.82, 2.24) is 14.1 Å². The molecule has 140 valence electrons. The van der Waals surface area contributed by atoms with Gasteiger partial charge in [-0.05, 0) is 72.9 Å². The average molecular weight is 420 g/mol. The second kappa shape index (κ2) is 7.69. The van der Waals surface area contributed by atoms with E-state index in [0.29, 0.717) is 12.0 Å². The van der Waals surface area contributed by atoms with Gasteiger partial charge in [0, 0.05) is 30.0 Å². The number of rotatable bonds is 4. The Balaban J connectivity index is 1.76. The van der Waals surface area contributed by atoms with E-state index in [2.05, 4.69) is 27.0 Å². The smallest absolute Gasteiger partial charge is 0.334 e. The van der Waals surface area contributed by atoms with Gasteiger partial charge in [-0.3, -0.25) is 4.57 Å². The number of aromatic nitrogens is 3. The molecule has 2 aromatic heterocycles. The first kappa shape index (κ1) is 18.0. The monoisotopic (exact) mass is 419 g/mol. The Morgan fingerprint density at radius 2 is 2.19 bits per heavy atom. The molecule has 0 unspecified atom stereocenters. The molecule has 5 nitrogen and oxygen atoms in total. The predicted octanol–water partition coefficient (Wildman–Crippen LogP) is 4.58. The molecule has 26 heavy (non-hydrogen) atoms. The standard InChI is InChI=1S/C20H26BrN3O2/c1-26-17-9-5-6-14(10-17)13-23-18-11-15(21)12-22-19(18)24(20(23)25)16-7-3-2-4-8-16/h7,11-12,14,17H,2-6,8-10,13H2,1H3/t14-,17-/m0/s1. The van der Waals surface area contributed by atoms with E-state index < -0.39 is 0 Å². The van der Waals surface area contributed by atoms with Gasteiger partial charge in [0.2, 0.25) is 0 Å². The lowest BCUT2D eigenvalue weighted by Crippen LogP contribution is -2.30. The first-order valence-electron chi connectivity index (χ1n) is 9.66. The van der Waals surface area contributed by atoms with Gasteiger partial charge < -0.3 is 4.74 Å². The molecule has 0 N–H and O–H groups in total. The van der Waals surface area contributed by atoms with E-state index in [-0.39, 0.29) is 5.69 Å². The van der Waals surface area contributed by atoms with E-state index in [0.717, 1.165) is 66.4 Å². The molecule has 0 aliphatic heterocycles. The average Bonchev–Trinajstić information content (AvgIpc) is 2.94. The highest BCUT2D eigenvalue weighted by Crippen LogP contribution is 2.29. The van der Waals surface area contributed by atoms with E-state index in [9.17, 15) is 4.79 Å². The van der Waals surface area contributed by atoms with Gasteiger partial charge in [-0.15, -0.1) is 0 Å². The summed E-state index contributed by atoms with van der Waals surface area (Å²) in [7, 11) is 1.79. The van der Waals surface area contributed by atoms with Crippen molar-refractivity contribution >= 4 is 32.8 Å². The normalized spacial score (nSPS) is 24.0. The van der Waals surface area contributed by atoms with Crippen molar-refractivity contribution in [2.24, 2.45) is 5.92 Å². The number of allylic oxidation sites excluding steroid dienone is 2. The van der Waals surface area contributed by atoms with Gasteiger partial charge in [-0.1, -0.05) is 12.5 Å². The second-order valence-corrected chi connectivity index (χ2v) is 8.47. The second-order valence-electron chi connectivity index (χ2n) is 7.56. The summed E-state index contributed by atoms with van der Waals surface area (Å²) in [6.45, 7) is 0.744. The van der Waals surface area contributed by atoms with Crippen LogP contribution in [-0.4, -0.2) is 27.3 Å². The maximum Gasteiger partial charge on any atom is 0.334 e. The molecule has 2 heterocycles. The van der Waals surface area contributed by atoms with Gasteiger partial charge in [0.15, 0.2) is 5.65 Å². The van der Waals surface area contributed by atoms with Crippen LogP contribution in [0, 0.1) is 5.92 Å². The summed E-state index contributed by atoms with van der Waals surface area (Å²) in [6, 6.07) is 2.03. The summed E-state index contributed by atoms with van der Waals surface area (Å²) in [5.74, 6) is 0.477. The van der Waals surface area contributed by atoms with Crippen LogP contribution >= 0.6 is 15.9 Å². The van der Waals surface area contributed by atoms with Gasteiger partial charge in [0.1, 0.15) is 0 Å². The maximum absolute atomic E-state index is 13.3. The lowest BCUT2D eigenvalue weighted by molar-refractivity contribution is 0.0472. The first-order chi connectivity index (χ1) is 12.7. The van der Waals surface area contributed by atoms with Crippen molar-refractivity contribution in [2.45, 2.75) is 64.0 Å². The van der Waals surface area contributed by atoms with Crippen LogP contribution in [0.25, 0.3) is 16.9 Å². The number of fused-ring (bicyclic) bond motifs is 1. The molecule has 4 rings (SSSR count). The Labute approximate surface area is 162 Å². The molecule has 2 atom stereocenters. The summed E-state index contributed by atoms with van der Waals surface area (Å²) in [6.07, 6.45) is 13.1. The minimum absolute atomic E-state index is 0.0540. The van der Waals surface area contributed by atoms with Crippen LogP contribution in [0.15, 0.2) is 27.6 Å². The van der Waals surface area contributed by atoms with Gasteiger partial charge in [0.25, 0.3) is 0 Å². The number of nitrogens with zero attached hydrogens (tertiary/aromatic N) is 3. The SMILES string of the molecule is CO[C@H]1CCC[C@H](Cn2c(=O)n(C3=CCCCC3)c3ncc(Br)cc32)C1. The molecule has 6 heteroatoms. The molecule has 0 saturated heterocycles. The number of hydrogen-bond donors (Lipinski definition) is 0. The van der Waals surface area contributed by atoms with Crippen molar-refractivity contribution in [3.8, 4) is 0 Å². The fourth-order valence-electron chi connectivity index (χ4n) is 4.45. The Bertz CT molecular complexity index is 883. The number of halogens is 1. The molecule has 2 aliphatic rings. The van der Waals surface area contributed by atoms with E-state index in [1.807, 2.05) is 15.2 Å². The van der Waals surface area contributed by atoms with Crippen molar-refractivity contribution in [3.63, 3.8) is 0 Å². The number of methoxy groups -OCH3 is 1. The zero-order chi connectivity index (χ0) is 18.1. The largest absolute Gasteiger partial charge is 0.381 e. The Kier molecular flexibility index (Phi) is 5.32. The lowest BCUT2D eigenvalue weighted by Gasteiger charge is -2.28. The van der Waals surface area contributed by atoms with Crippen LogP contribution in [0.2, 0.25) is 0 Å². The molecule has 1 fully saturated rings. The predicted molar refractivity (Wildman–Crippen MR) is 107 cm³/mol. The van der Waals surface area contributed by atoms with Gasteiger partial charge in [-0.2, -0.15) is 0 Å². The highest BCUT2D eigenvalue weighted by molar-refractivity contribution is 9.10. The molecule has 0 spiro atoms. The molecule has 0 aromatic carbocycles. The number of hydrogen-bond acceptors (Lipinski definition) is 3. The summed E-state index contributed by atoms with van der Waals surface area (Å²) in [4.78, 5) is 17.9. The maximum atomic E-state index is 13.3. The van der Waals surface area contributed by atoms with Gasteiger partial charge in [-0.25, -0.2) is 14.3 Å². The number of imidazole rings is 1. The molecule has 2 aliphatic carbocycles. The molecule has 0 amide bonds. The van der Waals surface area contributed by atoms with Crippen LogP contribution < -0.4 is 5.69 Å². The minimum Gasteiger partial charge on any atom is -0.381 e. The van der Waals surface area contributed by atoms with Crippen molar-refractivity contribution in [3.05, 3.63) is 33.3 Å². The Morgan fingerprint density at radius 3 is 2.96 bits per heavy atom. The van der Waals surface area contributed by atoms with E-state index >= 15 is 0 Å². The zero-order valence-electron chi connectivity index (χ0n) is 15.3. The number of ether oxygens (including phenoxy) is 1. The number of pyridine rings is 1. The zero-order valence-corrected chi connectivity index (χ0v) is 16.9. The quantitative estimate of drug-likeness (QED) is 0.728. The molecular weight excluding hydrogens is 394 g/mol. The molecule has 0 bridgehead atoms. The van der Waals surface area contributed by atoms with Crippen LogP contribution in [0.1, 0.15) is 51.4 Å². The third-order valence-electron chi connectivity index (χ3n) is 5.80. The fraction of sp³-hybridized carbons (Fsp3) is 0.600. The van der Waals surface area contributed by atoms with Crippen LogP contribution in [0.3, 0.4) is 0 Å². The topological polar surface area (TPSA) is 49.0 Å². The molecular formula is C20H26BrN3O2. The molecule has 0 radical (unpaired) electrons. The highest BCUT2D eigenvalue weighted by Gasteiger charge is 2.25. The Hall–Kier alpha value is -1.40. The summed E-state index contributed by atoms with van der Waals surface area (Å²) in [5.41, 5.74) is 2.87. The molecule has 1 saturated carbocycles. The third kappa shape index (κ3) is 3.41. The van der Waals surface area contributed by atoms with Gasteiger partial charge in [0.05, 0.1) is 11.6 Å². The lowest BCUT2D eigenvalue weighted by atomic mass is 9.87. The van der Waals surface area contributed by atoms with Crippen LogP contribution in [0.4, 0.5) is 0 Å². The summed E-state index contributed by atoms with van der Waals surface area (Å²) < 4.78 is 10.3. The van der Waals surface area contributed by atoms with Crippen molar-refractivity contribution in [1.29, 1.82) is 0 Å². The fourth-order valence-corrected chi connectivity index (χ4v) is 4.77. The summed E-state index contributed by atoms with van der Waals surface area (Å²) in [5, 5.41) is 0.